The topological polar surface area (TPSA) is 74.3 Å². The molecule has 0 rings (SSSR count). The molecule has 0 aromatic heterocycles. The van der Waals surface area contributed by atoms with E-state index >= 15 is 0 Å². The Morgan fingerprint density at radius 3 is 2.06 bits per heavy atom. The van der Waals surface area contributed by atoms with Crippen molar-refractivity contribution in [1.82, 2.24) is 0 Å². The van der Waals surface area contributed by atoms with Crippen LogP contribution in [-0.4, -0.2) is 35.0 Å². The zero-order valence-corrected chi connectivity index (χ0v) is 11.7. The molecule has 1 unspecified atom stereocenters. The van der Waals surface area contributed by atoms with Gasteiger partial charge in [0, 0.05) is 5.92 Å². The average molecular weight is 267 g/mol. The van der Waals surface area contributed by atoms with E-state index in [1.807, 2.05) is 13.8 Å². The predicted octanol–water partition coefficient (Wildman–Crippen LogP) is 1.66. The van der Waals surface area contributed by atoms with Crippen molar-refractivity contribution in [3.63, 3.8) is 0 Å². The molecule has 0 aliphatic rings. The maximum Gasteiger partial charge on any atom is 0.152 e. The van der Waals surface area contributed by atoms with Crippen LogP contribution in [0.5, 0.6) is 0 Å². The van der Waals surface area contributed by atoms with Crippen LogP contribution in [0.4, 0.5) is 0 Å². The van der Waals surface area contributed by atoms with Gasteiger partial charge in [-0.2, -0.15) is 11.8 Å². The molecule has 0 radical (unpaired) electrons. The molecule has 0 aliphatic carbocycles. The molecule has 16 heavy (non-hydrogen) atoms. The van der Waals surface area contributed by atoms with E-state index < -0.39 is 27.1 Å². The van der Waals surface area contributed by atoms with Crippen LogP contribution in [-0.2, 0) is 14.9 Å². The Hall–Kier alpha value is -0.0700. The smallest absolute Gasteiger partial charge is 0.152 e. The highest BCUT2D eigenvalue weighted by atomic mass is 32.2. The van der Waals surface area contributed by atoms with Gasteiger partial charge in [0.15, 0.2) is 5.78 Å². The fraction of sp³-hybridized carbons (Fsp3) is 0.900. The van der Waals surface area contributed by atoms with Crippen LogP contribution in [0.1, 0.15) is 34.1 Å². The Labute approximate surface area is 102 Å². The van der Waals surface area contributed by atoms with E-state index in [1.165, 1.54) is 0 Å². The van der Waals surface area contributed by atoms with Crippen LogP contribution in [0.2, 0.25) is 0 Å². The number of Topliss-reactive ketones (excluding diaryl/α,β-unsaturated/α-hetero) is 1. The molecule has 6 heteroatoms. The van der Waals surface area contributed by atoms with Crippen LogP contribution in [0, 0.1) is 5.92 Å². The quantitative estimate of drug-likeness (QED) is 0.656. The SMILES string of the molecule is CC(C)SCCC(C(=O)C(C)C)S(=O)(=O)[O-]. The van der Waals surface area contributed by atoms with Crippen LogP contribution in [0.3, 0.4) is 0 Å². The molecule has 0 spiro atoms. The van der Waals surface area contributed by atoms with Crippen LogP contribution in [0.15, 0.2) is 0 Å². The molecule has 0 bridgehead atoms. The van der Waals surface area contributed by atoms with Gasteiger partial charge in [0.25, 0.3) is 0 Å². The number of rotatable bonds is 7. The van der Waals surface area contributed by atoms with Crippen LogP contribution < -0.4 is 0 Å². The molecule has 0 amide bonds. The van der Waals surface area contributed by atoms with Crippen molar-refractivity contribution in [2.75, 3.05) is 5.75 Å². The Balaban J connectivity index is 4.53. The Morgan fingerprint density at radius 1 is 1.25 bits per heavy atom. The van der Waals surface area contributed by atoms with E-state index in [4.69, 9.17) is 0 Å². The molecule has 0 aromatic rings. The number of thioether (sulfide) groups is 1. The first-order valence-corrected chi connectivity index (χ1v) is 7.78. The summed E-state index contributed by atoms with van der Waals surface area (Å²) in [5, 5.41) is -1.01. The summed E-state index contributed by atoms with van der Waals surface area (Å²) >= 11 is 1.55. The molecule has 1 atom stereocenters. The summed E-state index contributed by atoms with van der Waals surface area (Å²) in [7, 11) is -4.52. The second kappa shape index (κ2) is 6.61. The van der Waals surface area contributed by atoms with Crippen molar-refractivity contribution in [2.24, 2.45) is 5.92 Å². The van der Waals surface area contributed by atoms with Gasteiger partial charge < -0.3 is 4.55 Å². The van der Waals surface area contributed by atoms with Crippen molar-refractivity contribution in [2.45, 2.75) is 44.6 Å². The second-order valence-electron chi connectivity index (χ2n) is 4.25. The Morgan fingerprint density at radius 2 is 1.75 bits per heavy atom. The third-order valence-corrected chi connectivity index (χ3v) is 4.37. The number of hydrogen-bond donors (Lipinski definition) is 0. The fourth-order valence-electron chi connectivity index (χ4n) is 1.21. The maximum absolute atomic E-state index is 11.6. The Bertz CT molecular complexity index is 320. The minimum atomic E-state index is -4.52. The van der Waals surface area contributed by atoms with Gasteiger partial charge in [-0.1, -0.05) is 27.7 Å². The van der Waals surface area contributed by atoms with E-state index in [9.17, 15) is 17.8 Å². The lowest BCUT2D eigenvalue weighted by Gasteiger charge is -2.21. The Kier molecular flexibility index (Phi) is 6.58. The molecule has 0 heterocycles. The van der Waals surface area contributed by atoms with Crippen molar-refractivity contribution in [3.05, 3.63) is 0 Å². The zero-order valence-electron chi connectivity index (χ0n) is 10.1. The van der Waals surface area contributed by atoms with Gasteiger partial charge in [-0.3, -0.25) is 4.79 Å². The van der Waals surface area contributed by atoms with Gasteiger partial charge >= 0.3 is 0 Å². The molecule has 0 saturated carbocycles. The lowest BCUT2D eigenvalue weighted by molar-refractivity contribution is -0.121. The van der Waals surface area contributed by atoms with Gasteiger partial charge in [0.05, 0.1) is 0 Å². The monoisotopic (exact) mass is 267 g/mol. The van der Waals surface area contributed by atoms with Crippen molar-refractivity contribution < 1.29 is 17.8 Å². The zero-order chi connectivity index (χ0) is 12.9. The lowest BCUT2D eigenvalue weighted by atomic mass is 10.0. The maximum atomic E-state index is 11.6. The molecule has 0 aliphatic heterocycles. The summed E-state index contributed by atoms with van der Waals surface area (Å²) in [6.07, 6.45) is 0.117. The second-order valence-corrected chi connectivity index (χ2v) is 7.49. The minimum absolute atomic E-state index is 0.117. The minimum Gasteiger partial charge on any atom is -0.747 e. The molecule has 0 aromatic carbocycles. The van der Waals surface area contributed by atoms with Gasteiger partial charge in [0.2, 0.25) is 0 Å². The summed E-state index contributed by atoms with van der Waals surface area (Å²) < 4.78 is 32.9. The van der Waals surface area contributed by atoms with Gasteiger partial charge in [0.1, 0.15) is 15.4 Å². The van der Waals surface area contributed by atoms with Gasteiger partial charge in [-0.15, -0.1) is 0 Å². The number of carbonyl (C=O) groups excluding carboxylic acids is 1. The first kappa shape index (κ1) is 15.9. The number of carbonyl (C=O) groups is 1. The van der Waals surface area contributed by atoms with E-state index in [2.05, 4.69) is 0 Å². The summed E-state index contributed by atoms with van der Waals surface area (Å²) in [6, 6.07) is 0. The van der Waals surface area contributed by atoms with E-state index in [-0.39, 0.29) is 6.42 Å². The van der Waals surface area contributed by atoms with Crippen molar-refractivity contribution in [1.29, 1.82) is 0 Å². The highest BCUT2D eigenvalue weighted by molar-refractivity contribution is 7.99. The molecular formula is C10H19O4S2-. The van der Waals surface area contributed by atoms with E-state index in [0.717, 1.165) is 0 Å². The number of ketones is 1. The summed E-state index contributed by atoms with van der Waals surface area (Å²) in [5.74, 6) is -0.375. The third-order valence-electron chi connectivity index (χ3n) is 2.07. The third kappa shape index (κ3) is 5.86. The summed E-state index contributed by atoms with van der Waals surface area (Å²) in [6.45, 7) is 7.18. The molecule has 4 nitrogen and oxygen atoms in total. The summed E-state index contributed by atoms with van der Waals surface area (Å²) in [5.41, 5.74) is 0. The van der Waals surface area contributed by atoms with Crippen molar-refractivity contribution in [3.8, 4) is 0 Å². The first-order valence-electron chi connectivity index (χ1n) is 5.26. The van der Waals surface area contributed by atoms with E-state index in [0.29, 0.717) is 11.0 Å². The largest absolute Gasteiger partial charge is 0.747 e. The molecule has 0 saturated heterocycles. The van der Waals surface area contributed by atoms with Crippen molar-refractivity contribution >= 4 is 27.7 Å². The normalized spacial score (nSPS) is 14.4. The molecule has 0 fully saturated rings. The molecule has 96 valence electrons. The highest BCUT2D eigenvalue weighted by Gasteiger charge is 2.26. The average Bonchev–Trinajstić information content (AvgIpc) is 2.08. The molecular weight excluding hydrogens is 248 g/mol. The fourth-order valence-corrected chi connectivity index (χ4v) is 3.17. The van der Waals surface area contributed by atoms with Crippen LogP contribution >= 0.6 is 11.8 Å². The van der Waals surface area contributed by atoms with E-state index in [1.54, 1.807) is 25.6 Å². The van der Waals surface area contributed by atoms with Gasteiger partial charge in [-0.25, -0.2) is 8.42 Å². The predicted molar refractivity (Wildman–Crippen MR) is 65.5 cm³/mol. The number of hydrogen-bond acceptors (Lipinski definition) is 5. The van der Waals surface area contributed by atoms with Crippen LogP contribution in [0.25, 0.3) is 0 Å². The first-order chi connectivity index (χ1) is 7.16. The molecule has 0 N–H and O–H groups in total. The standard InChI is InChI=1S/C10H20O4S2/c1-7(2)10(11)9(16(12,13)14)5-6-15-8(3)4/h7-9H,5-6H2,1-4H3,(H,12,13,14)/p-1. The van der Waals surface area contributed by atoms with Gasteiger partial charge in [-0.05, 0) is 17.4 Å². The summed E-state index contributed by atoms with van der Waals surface area (Å²) in [4.78, 5) is 11.6. The highest BCUT2D eigenvalue weighted by Crippen LogP contribution is 2.17. The lowest BCUT2D eigenvalue weighted by Crippen LogP contribution is -2.33.